The molecule has 3 amide bonds. The number of piperazine rings is 1. The van der Waals surface area contributed by atoms with Crippen molar-refractivity contribution in [3.63, 3.8) is 0 Å². The molecule has 1 aliphatic carbocycles. The van der Waals surface area contributed by atoms with Crippen molar-refractivity contribution < 1.29 is 33.8 Å². The second-order valence-electron chi connectivity index (χ2n) is 12.9. The van der Waals surface area contributed by atoms with Crippen LogP contribution in [0, 0.1) is 0 Å². The van der Waals surface area contributed by atoms with E-state index in [1.807, 2.05) is 86.3 Å². The molecule has 1 atom stereocenters. The Balaban J connectivity index is 1.06. The van der Waals surface area contributed by atoms with Gasteiger partial charge in [0.05, 0.1) is 6.54 Å². The van der Waals surface area contributed by atoms with Crippen molar-refractivity contribution in [1.29, 1.82) is 0 Å². The standard InChI is InChI=1S/C36H42N4O7/c1-36(2,3)47-32(41)22-39-16-18-40(19-17-39)34(44)37-21-25-14-12-24(13-15-25)20-31(33(42)43)38-35(45)46-23-30-28-10-6-4-8-26(28)27-9-5-7-11-29(27)30/h4-15,30-31H,16-23H2,1-3H3,(H,37,44)(H,38,45)(H,42,43)/t31-/m1/s1. The number of nitrogens with zero attached hydrogens (tertiary/aromatic N) is 2. The van der Waals surface area contributed by atoms with Crippen LogP contribution < -0.4 is 10.6 Å². The van der Waals surface area contributed by atoms with Gasteiger partial charge in [0.1, 0.15) is 18.2 Å². The molecular formula is C36H42N4O7. The van der Waals surface area contributed by atoms with E-state index in [1.54, 1.807) is 17.0 Å². The predicted molar refractivity (Wildman–Crippen MR) is 176 cm³/mol. The Morgan fingerprint density at radius 3 is 2.00 bits per heavy atom. The Morgan fingerprint density at radius 1 is 0.851 bits per heavy atom. The van der Waals surface area contributed by atoms with Gasteiger partial charge in [-0.2, -0.15) is 0 Å². The number of alkyl carbamates (subject to hydrolysis) is 1. The molecule has 1 heterocycles. The molecule has 47 heavy (non-hydrogen) atoms. The molecular weight excluding hydrogens is 600 g/mol. The molecule has 1 aliphatic heterocycles. The lowest BCUT2D eigenvalue weighted by Crippen LogP contribution is -2.52. The van der Waals surface area contributed by atoms with Crippen molar-refractivity contribution in [2.24, 2.45) is 0 Å². The number of urea groups is 1. The summed E-state index contributed by atoms with van der Waals surface area (Å²) in [6, 6.07) is 21.8. The van der Waals surface area contributed by atoms with Crippen LogP contribution in [0.1, 0.15) is 48.9 Å². The number of carboxylic acids is 1. The van der Waals surface area contributed by atoms with Crippen molar-refractivity contribution in [3.8, 4) is 11.1 Å². The Labute approximate surface area is 274 Å². The van der Waals surface area contributed by atoms with Crippen molar-refractivity contribution in [1.82, 2.24) is 20.4 Å². The molecule has 3 aromatic carbocycles. The number of amides is 3. The Bertz CT molecular complexity index is 1550. The maximum Gasteiger partial charge on any atom is 0.407 e. The molecule has 11 heteroatoms. The first-order valence-electron chi connectivity index (χ1n) is 15.9. The van der Waals surface area contributed by atoms with Gasteiger partial charge in [0.15, 0.2) is 0 Å². The minimum atomic E-state index is -1.18. The highest BCUT2D eigenvalue weighted by atomic mass is 16.6. The fourth-order valence-electron chi connectivity index (χ4n) is 5.97. The highest BCUT2D eigenvalue weighted by Gasteiger charge is 2.30. The maximum absolute atomic E-state index is 12.7. The summed E-state index contributed by atoms with van der Waals surface area (Å²) < 4.78 is 10.9. The zero-order chi connectivity index (χ0) is 33.6. The number of esters is 1. The van der Waals surface area contributed by atoms with Gasteiger partial charge in [-0.25, -0.2) is 14.4 Å². The molecule has 1 fully saturated rings. The first kappa shape index (κ1) is 33.5. The van der Waals surface area contributed by atoms with Gasteiger partial charge in [0.25, 0.3) is 0 Å². The molecule has 3 aromatic rings. The van der Waals surface area contributed by atoms with Crippen LogP contribution in [0.25, 0.3) is 11.1 Å². The van der Waals surface area contributed by atoms with E-state index in [4.69, 9.17) is 9.47 Å². The molecule has 2 aliphatic rings. The molecule has 248 valence electrons. The second kappa shape index (κ2) is 14.7. The number of hydrogen-bond acceptors (Lipinski definition) is 7. The summed E-state index contributed by atoms with van der Waals surface area (Å²) in [5.41, 5.74) is 5.40. The van der Waals surface area contributed by atoms with Crippen molar-refractivity contribution in [2.75, 3.05) is 39.3 Å². The van der Waals surface area contributed by atoms with E-state index in [2.05, 4.69) is 10.6 Å². The van der Waals surface area contributed by atoms with Crippen LogP contribution >= 0.6 is 0 Å². The topological polar surface area (TPSA) is 138 Å². The number of hydrogen-bond donors (Lipinski definition) is 3. The van der Waals surface area contributed by atoms with Gasteiger partial charge in [-0.05, 0) is 54.2 Å². The van der Waals surface area contributed by atoms with Gasteiger partial charge in [0.2, 0.25) is 0 Å². The largest absolute Gasteiger partial charge is 0.480 e. The highest BCUT2D eigenvalue weighted by molar-refractivity contribution is 5.81. The molecule has 0 bridgehead atoms. The highest BCUT2D eigenvalue weighted by Crippen LogP contribution is 2.44. The molecule has 1 saturated heterocycles. The molecule has 0 unspecified atom stereocenters. The van der Waals surface area contributed by atoms with E-state index >= 15 is 0 Å². The van der Waals surface area contributed by atoms with E-state index in [9.17, 15) is 24.3 Å². The summed E-state index contributed by atoms with van der Waals surface area (Å²) in [7, 11) is 0. The number of ether oxygens (including phenoxy) is 2. The van der Waals surface area contributed by atoms with Crippen LogP contribution in [0.2, 0.25) is 0 Å². The average molecular weight is 643 g/mol. The molecule has 0 saturated carbocycles. The minimum Gasteiger partial charge on any atom is -0.480 e. The summed E-state index contributed by atoms with van der Waals surface area (Å²) in [6.45, 7) is 8.25. The Hall–Kier alpha value is -4.90. The molecule has 0 spiro atoms. The second-order valence-corrected chi connectivity index (χ2v) is 12.9. The summed E-state index contributed by atoms with van der Waals surface area (Å²) in [6.07, 6.45) is -0.719. The minimum absolute atomic E-state index is 0.0692. The van der Waals surface area contributed by atoms with Crippen LogP contribution in [0.4, 0.5) is 9.59 Å². The number of carboxylic acid groups (broad SMARTS) is 1. The molecule has 5 rings (SSSR count). The quantitative estimate of drug-likeness (QED) is 0.277. The Morgan fingerprint density at radius 2 is 1.43 bits per heavy atom. The van der Waals surface area contributed by atoms with Crippen molar-refractivity contribution >= 4 is 24.1 Å². The number of nitrogens with one attached hydrogen (secondary N) is 2. The van der Waals surface area contributed by atoms with E-state index in [0.717, 1.165) is 27.8 Å². The van der Waals surface area contributed by atoms with Gasteiger partial charge in [0, 0.05) is 45.1 Å². The zero-order valence-corrected chi connectivity index (χ0v) is 27.0. The van der Waals surface area contributed by atoms with Crippen LogP contribution in [0.3, 0.4) is 0 Å². The number of benzene rings is 3. The fourth-order valence-corrected chi connectivity index (χ4v) is 5.97. The van der Waals surface area contributed by atoms with Gasteiger partial charge >= 0.3 is 24.1 Å². The molecule has 3 N–H and O–H groups in total. The zero-order valence-electron chi connectivity index (χ0n) is 27.0. The SMILES string of the molecule is CC(C)(C)OC(=O)CN1CCN(C(=O)NCc2ccc(C[C@@H](NC(=O)OCC3c4ccccc4-c4ccccc43)C(=O)O)cc2)CC1. The van der Waals surface area contributed by atoms with E-state index in [0.29, 0.717) is 38.3 Å². The fraction of sp³-hybridized carbons (Fsp3) is 0.389. The third kappa shape index (κ3) is 8.88. The molecule has 0 radical (unpaired) electrons. The summed E-state index contributed by atoms with van der Waals surface area (Å²) in [5.74, 6) is -1.57. The summed E-state index contributed by atoms with van der Waals surface area (Å²) in [4.78, 5) is 53.2. The van der Waals surface area contributed by atoms with Gasteiger partial charge in [-0.3, -0.25) is 9.69 Å². The number of rotatable bonds is 10. The Kier molecular flexibility index (Phi) is 10.5. The lowest BCUT2D eigenvalue weighted by molar-refractivity contribution is -0.156. The number of carbonyl (C=O) groups is 4. The predicted octanol–water partition coefficient (Wildman–Crippen LogP) is 4.39. The first-order valence-corrected chi connectivity index (χ1v) is 15.9. The third-order valence-corrected chi connectivity index (χ3v) is 8.27. The number of fused-ring (bicyclic) bond motifs is 3. The van der Waals surface area contributed by atoms with E-state index in [1.165, 1.54) is 0 Å². The van der Waals surface area contributed by atoms with Gasteiger partial charge in [-0.1, -0.05) is 72.8 Å². The normalized spacial score (nSPS) is 15.3. The van der Waals surface area contributed by atoms with Gasteiger partial charge in [-0.15, -0.1) is 0 Å². The van der Waals surface area contributed by atoms with E-state index in [-0.39, 0.29) is 37.5 Å². The monoisotopic (exact) mass is 642 g/mol. The van der Waals surface area contributed by atoms with Crippen molar-refractivity contribution in [2.45, 2.75) is 51.3 Å². The first-order chi connectivity index (χ1) is 22.5. The maximum atomic E-state index is 12.7. The van der Waals surface area contributed by atoms with Crippen molar-refractivity contribution in [3.05, 3.63) is 95.1 Å². The summed E-state index contributed by atoms with van der Waals surface area (Å²) >= 11 is 0. The van der Waals surface area contributed by atoms with Crippen LogP contribution in [-0.2, 0) is 32.0 Å². The molecule has 11 nitrogen and oxygen atoms in total. The lowest BCUT2D eigenvalue weighted by atomic mass is 9.98. The lowest BCUT2D eigenvalue weighted by Gasteiger charge is -2.34. The number of aliphatic carboxylic acids is 1. The molecule has 0 aromatic heterocycles. The van der Waals surface area contributed by atoms with Gasteiger partial charge < -0.3 is 30.1 Å². The van der Waals surface area contributed by atoms with Crippen LogP contribution in [-0.4, -0.2) is 89.9 Å². The van der Waals surface area contributed by atoms with Crippen LogP contribution in [0.5, 0.6) is 0 Å². The number of carbonyl (C=O) groups excluding carboxylic acids is 3. The summed E-state index contributed by atoms with van der Waals surface area (Å²) in [5, 5.41) is 15.2. The third-order valence-electron chi connectivity index (χ3n) is 8.27. The average Bonchev–Trinajstić information content (AvgIpc) is 3.36. The van der Waals surface area contributed by atoms with E-state index < -0.39 is 23.7 Å². The smallest absolute Gasteiger partial charge is 0.407 e. The van der Waals surface area contributed by atoms with Crippen LogP contribution in [0.15, 0.2) is 72.8 Å².